The van der Waals surface area contributed by atoms with E-state index in [1.807, 2.05) is 0 Å². The number of aromatic nitrogens is 4. The molecule has 109 heavy (non-hydrogen) atoms. The molecule has 1 unspecified atom stereocenters. The van der Waals surface area contributed by atoms with Crippen LogP contribution in [0.2, 0.25) is 0 Å². The van der Waals surface area contributed by atoms with E-state index in [-0.39, 0.29) is 68.3 Å². The summed E-state index contributed by atoms with van der Waals surface area (Å²) in [6.45, 7) is 11.7. The highest BCUT2D eigenvalue weighted by Gasteiger charge is 2.38. The van der Waals surface area contributed by atoms with Gasteiger partial charge in [-0.2, -0.15) is 11.8 Å². The zero-order valence-electron chi connectivity index (χ0n) is 62.3. The van der Waals surface area contributed by atoms with E-state index in [9.17, 15) is 82.4 Å². The van der Waals surface area contributed by atoms with Crippen molar-refractivity contribution in [3.8, 4) is 0 Å². The number of hydrogen-bond acceptors (Lipinski definition) is 19. The second kappa shape index (κ2) is 42.0. The summed E-state index contributed by atoms with van der Waals surface area (Å²) in [6.07, 6.45) is 1.12. The van der Waals surface area contributed by atoms with Crippen molar-refractivity contribution in [2.75, 3.05) is 25.1 Å². The number of H-pyrrole nitrogens is 3. The number of rotatable bonds is 23. The molecule has 1 aliphatic heterocycles. The number of nitrogens with one attached hydrogen (secondary N) is 16. The van der Waals surface area contributed by atoms with Gasteiger partial charge >= 0.3 is 11.9 Å². The van der Waals surface area contributed by atoms with E-state index in [2.05, 4.69) is 89.1 Å². The Labute approximate surface area is 633 Å². The Balaban J connectivity index is 1.42. The first kappa shape index (κ1) is 87.0. The normalized spacial score (nSPS) is 23.1. The molecule has 21 N–H and O–H groups in total. The number of nitrogens with zero attached hydrogens (tertiary/aromatic N) is 1. The second-order valence-corrected chi connectivity index (χ2v) is 29.3. The van der Waals surface area contributed by atoms with Gasteiger partial charge in [-0.1, -0.05) is 77.9 Å². The van der Waals surface area contributed by atoms with Gasteiger partial charge in [0.05, 0.1) is 31.4 Å². The number of fused-ring (bicyclic) bond motifs is 2. The number of aromatic amines is 3. The highest BCUT2D eigenvalue weighted by molar-refractivity contribution is 7.99. The molecule has 5 aromatic rings. The maximum Gasteiger partial charge on any atom is 0.305 e. The van der Waals surface area contributed by atoms with Gasteiger partial charge in [-0.3, -0.25) is 71.9 Å². The fourth-order valence-electron chi connectivity index (χ4n) is 12.1. The van der Waals surface area contributed by atoms with Crippen LogP contribution in [-0.4, -0.2) is 228 Å². The third-order valence-corrected chi connectivity index (χ3v) is 19.0. The Hall–Kier alpha value is -11.0. The van der Waals surface area contributed by atoms with Crippen molar-refractivity contribution in [1.82, 2.24) is 89.1 Å². The number of hydrogen-bond donors (Lipinski definition) is 20. The molecule has 1 fully saturated rings. The number of nitrogens with two attached hydrogens (primary N) is 1. The van der Waals surface area contributed by atoms with E-state index < -0.39 is 199 Å². The molecule has 36 nitrogen and oxygen atoms in total. The van der Waals surface area contributed by atoms with E-state index >= 15 is 4.79 Å². The quantitative estimate of drug-likeness (QED) is 0.0334. The summed E-state index contributed by atoms with van der Waals surface area (Å²) < 4.78 is 0. The number of aliphatic hydroxyl groups excluding tert-OH is 1. The third kappa shape index (κ3) is 27.0. The molecular formula is C72H102N18O18S. The van der Waals surface area contributed by atoms with Crippen LogP contribution in [0.1, 0.15) is 117 Å². The molecule has 1 saturated heterocycles. The van der Waals surface area contributed by atoms with E-state index in [4.69, 9.17) is 5.73 Å². The largest absolute Gasteiger partial charge is 0.481 e. The zero-order valence-corrected chi connectivity index (χ0v) is 63.1. The first-order valence-corrected chi connectivity index (χ1v) is 37.1. The lowest BCUT2D eigenvalue weighted by atomic mass is 9.98. The number of amides is 13. The number of carbonyl (C=O) groups is 15. The van der Waals surface area contributed by atoms with Gasteiger partial charge in [0.15, 0.2) is 0 Å². The molecule has 2 aromatic carbocycles. The number of benzene rings is 2. The fourth-order valence-corrected chi connectivity index (χ4v) is 13.1. The average Bonchev–Trinajstić information content (AvgIpc) is 1.73. The van der Waals surface area contributed by atoms with Crippen molar-refractivity contribution >= 4 is 122 Å². The fraction of sp³-hybridized carbons (Fsp3) is 0.528. The number of thioether (sulfide) groups is 1. The first-order valence-electron chi connectivity index (χ1n) is 36.0. The molecule has 0 radical (unpaired) electrons. The molecule has 594 valence electrons. The van der Waals surface area contributed by atoms with Gasteiger partial charge in [-0.25, -0.2) is 4.98 Å². The highest BCUT2D eigenvalue weighted by Crippen LogP contribution is 2.23. The molecule has 13 amide bonds. The van der Waals surface area contributed by atoms with Gasteiger partial charge < -0.3 is 105 Å². The van der Waals surface area contributed by atoms with Crippen LogP contribution in [-0.2, 0) is 91.2 Å². The van der Waals surface area contributed by atoms with Crippen LogP contribution in [0.3, 0.4) is 0 Å². The van der Waals surface area contributed by atoms with Gasteiger partial charge in [-0.05, 0) is 106 Å². The molecule has 37 heteroatoms. The number of imidazole rings is 1. The number of carbonyl (C=O) groups excluding carboxylic acids is 13. The molecule has 6 rings (SSSR count). The van der Waals surface area contributed by atoms with Crippen LogP contribution < -0.4 is 74.9 Å². The van der Waals surface area contributed by atoms with Gasteiger partial charge in [0.1, 0.15) is 66.5 Å². The van der Waals surface area contributed by atoms with E-state index in [0.29, 0.717) is 38.6 Å². The SMILES string of the molecule is CN[C@@H](CC(=O)O)C(=O)N[C@H]1CCSCC[C@@H](C(=O)N[C@H](C(N)=O)[C@@H](C)O)NC(=O)C(Cc2c[nH]c3ccccc23)NC(=O)[C@H](C(C)C)NC(=O)[C@H](CC(C)C)NC(=O)[C@H](CCC(=O)O)NC(=O)CNC(=O)[C@H](CC(C)C)NC(=O)[C@H](Cc2cnc[nH]2)NC(=O)[C@H](Cc2c[nH]c3ccccc23)NC(=O)[C@H](C)NC1=O. The van der Waals surface area contributed by atoms with Crippen molar-refractivity contribution in [3.63, 3.8) is 0 Å². The number of aliphatic carboxylic acids is 2. The summed E-state index contributed by atoms with van der Waals surface area (Å²) in [5, 5.41) is 65.0. The molecule has 4 heterocycles. The van der Waals surface area contributed by atoms with Crippen LogP contribution in [0.25, 0.3) is 21.8 Å². The summed E-state index contributed by atoms with van der Waals surface area (Å²) in [5.41, 5.74) is 8.28. The summed E-state index contributed by atoms with van der Waals surface area (Å²) in [7, 11) is 1.32. The molecule has 0 saturated carbocycles. The van der Waals surface area contributed by atoms with Crippen LogP contribution in [0.5, 0.6) is 0 Å². The first-order chi connectivity index (χ1) is 51.6. The summed E-state index contributed by atoms with van der Waals surface area (Å²) in [5.74, 6) is -16.7. The molecule has 0 aliphatic carbocycles. The van der Waals surface area contributed by atoms with Crippen molar-refractivity contribution < 1.29 is 87.2 Å². The Kier molecular flexibility index (Phi) is 33.5. The molecule has 13 atom stereocenters. The van der Waals surface area contributed by atoms with E-state index in [0.717, 1.165) is 11.8 Å². The smallest absolute Gasteiger partial charge is 0.305 e. The van der Waals surface area contributed by atoms with Gasteiger partial charge in [0.2, 0.25) is 76.8 Å². The van der Waals surface area contributed by atoms with Crippen molar-refractivity contribution in [1.29, 1.82) is 0 Å². The lowest BCUT2D eigenvalue weighted by molar-refractivity contribution is -0.140. The third-order valence-electron chi connectivity index (χ3n) is 18.0. The molecule has 1 aliphatic rings. The topological polar surface area (TPSA) is 559 Å². The number of primary amides is 1. The molecule has 3 aromatic heterocycles. The van der Waals surface area contributed by atoms with Crippen molar-refractivity contribution in [3.05, 3.63) is 90.3 Å². The minimum atomic E-state index is -1.68. The monoisotopic (exact) mass is 1540 g/mol. The highest BCUT2D eigenvalue weighted by atomic mass is 32.2. The van der Waals surface area contributed by atoms with Crippen molar-refractivity contribution in [2.45, 2.75) is 198 Å². The minimum absolute atomic E-state index is 0.0316. The molecule has 0 bridgehead atoms. The van der Waals surface area contributed by atoms with Gasteiger partial charge in [0.25, 0.3) is 0 Å². The standard InChI is InChI=1S/C72H102N18O18S/c1-35(2)24-51-63(99)78-33-56(92)81-47(18-19-57(93)94)65(101)86-52(25-36(3)4)71(107)89-59(37(5)6)72(108)88-54(27-41-31-77-46-17-13-11-15-44(41)46)68(104)83-49(66(102)90-60(39(8)91)61(73)97)21-23-109-22-20-48(82-67(103)50(74-9)29-58(95)96)64(100)80-38(7)62(98)84-53(26-40-30-76-45-16-12-10-14-43(40)45)69(105)87-55(70(106)85-51)28-42-32-75-34-79-42/h10-17,30-32,34-39,47-55,59-60,74,76-77,91H,18-29,33H2,1-9H3,(H2,73,97)(H,75,79)(H,78,99)(H,80,100)(H,81,92)(H,82,103)(H,83,104)(H,84,98)(H,85,106)(H,86,101)(H,87,105)(H,88,108)(H,89,107)(H,90,102)(H,93,94)(H,95,96)/t38-,39+,47-,48-,49-,50-,51-,52-,53-,54?,55-,59-,60-/m0/s1. The Morgan fingerprint density at radius 2 is 1.10 bits per heavy atom. The second-order valence-electron chi connectivity index (χ2n) is 28.1. The van der Waals surface area contributed by atoms with E-state index in [1.165, 1.54) is 33.4 Å². The van der Waals surface area contributed by atoms with Crippen LogP contribution in [0.4, 0.5) is 0 Å². The minimum Gasteiger partial charge on any atom is -0.481 e. The lowest BCUT2D eigenvalue weighted by Gasteiger charge is -2.29. The maximum absolute atomic E-state index is 15.0. The predicted molar refractivity (Wildman–Crippen MR) is 399 cm³/mol. The number of likely N-dealkylation sites (N-methyl/N-ethyl adjacent to an activating group) is 1. The Morgan fingerprint density at radius 1 is 0.587 bits per heavy atom. The van der Waals surface area contributed by atoms with Crippen LogP contribution in [0.15, 0.2) is 73.4 Å². The van der Waals surface area contributed by atoms with Crippen LogP contribution >= 0.6 is 11.8 Å². The Morgan fingerprint density at radius 3 is 1.62 bits per heavy atom. The van der Waals surface area contributed by atoms with Gasteiger partial charge in [-0.15, -0.1) is 0 Å². The van der Waals surface area contributed by atoms with Crippen LogP contribution in [0, 0.1) is 17.8 Å². The Bertz CT molecular complexity index is 4030. The van der Waals surface area contributed by atoms with Crippen molar-refractivity contribution in [2.24, 2.45) is 23.5 Å². The predicted octanol–water partition coefficient (Wildman–Crippen LogP) is -2.06. The number of para-hydroxylation sites is 2. The number of aliphatic hydroxyl groups is 1. The summed E-state index contributed by atoms with van der Waals surface area (Å²) in [6, 6.07) is -4.15. The summed E-state index contributed by atoms with van der Waals surface area (Å²) >= 11 is 1.09. The molecular weight excluding hydrogens is 1440 g/mol. The lowest BCUT2D eigenvalue weighted by Crippen LogP contribution is -2.61. The average molecular weight is 1540 g/mol. The number of carboxylic acids is 2. The zero-order chi connectivity index (χ0) is 80.3. The molecule has 0 spiro atoms. The van der Waals surface area contributed by atoms with Gasteiger partial charge in [0, 0.05) is 71.8 Å². The number of carboxylic acid groups (broad SMARTS) is 2. The maximum atomic E-state index is 15.0. The van der Waals surface area contributed by atoms with E-state index in [1.54, 1.807) is 102 Å². The summed E-state index contributed by atoms with van der Waals surface area (Å²) in [4.78, 5) is 224.